The van der Waals surface area contributed by atoms with Gasteiger partial charge in [-0.15, -0.1) is 0 Å². The first-order chi connectivity index (χ1) is 11.9. The van der Waals surface area contributed by atoms with Crippen LogP contribution >= 0.6 is 0 Å². The smallest absolute Gasteiger partial charge is 0.407 e. The predicted octanol–water partition coefficient (Wildman–Crippen LogP) is 3.30. The number of hydrogen-bond acceptors (Lipinski definition) is 3. The van der Waals surface area contributed by atoms with Gasteiger partial charge in [-0.25, -0.2) is 9.18 Å². The summed E-state index contributed by atoms with van der Waals surface area (Å²) in [5.41, 5.74) is 4.26. The number of aryl methyl sites for hydroxylation is 2. The van der Waals surface area contributed by atoms with Crippen LogP contribution in [0.15, 0.2) is 30.3 Å². The van der Waals surface area contributed by atoms with E-state index in [-0.39, 0.29) is 5.82 Å². The van der Waals surface area contributed by atoms with E-state index in [0.29, 0.717) is 38.3 Å². The Morgan fingerprint density at radius 1 is 1.08 bits per heavy atom. The molecule has 1 aromatic heterocycles. The highest BCUT2D eigenvalue weighted by Gasteiger charge is 2.21. The molecule has 1 aliphatic rings. The Hall–Kier alpha value is -2.47. The van der Waals surface area contributed by atoms with Crippen LogP contribution in [0, 0.1) is 19.7 Å². The number of carbonyl (C=O) groups is 1. The minimum absolute atomic E-state index is 0.231. The minimum Gasteiger partial charge on any atom is -0.465 e. The molecule has 5 nitrogen and oxygen atoms in total. The summed E-state index contributed by atoms with van der Waals surface area (Å²) in [6, 6.07) is 9.22. The van der Waals surface area contributed by atoms with Crippen LogP contribution in [-0.2, 0) is 6.54 Å². The molecule has 3 rings (SSSR count). The molecule has 1 aromatic carbocycles. The number of amides is 1. The number of hydrogen-bond donors (Lipinski definition) is 1. The Labute approximate surface area is 146 Å². The van der Waals surface area contributed by atoms with E-state index in [9.17, 15) is 9.18 Å². The number of piperazine rings is 1. The van der Waals surface area contributed by atoms with Gasteiger partial charge >= 0.3 is 6.09 Å². The van der Waals surface area contributed by atoms with Crippen molar-refractivity contribution in [2.45, 2.75) is 20.4 Å². The zero-order valence-corrected chi connectivity index (χ0v) is 14.5. The van der Waals surface area contributed by atoms with E-state index < -0.39 is 6.09 Å². The number of benzene rings is 1. The summed E-state index contributed by atoms with van der Waals surface area (Å²) in [6.07, 6.45) is -0.891. The SMILES string of the molecule is Cc1cc(-c2ccc(CN3CCN(C(=O)O)CC3)c(F)c2)cc(C)n1. The van der Waals surface area contributed by atoms with E-state index >= 15 is 0 Å². The van der Waals surface area contributed by atoms with Crippen molar-refractivity contribution in [1.29, 1.82) is 0 Å². The highest BCUT2D eigenvalue weighted by atomic mass is 19.1. The van der Waals surface area contributed by atoms with Gasteiger partial charge < -0.3 is 10.0 Å². The number of aromatic nitrogens is 1. The first kappa shape index (κ1) is 17.4. The molecule has 0 atom stereocenters. The fourth-order valence-electron chi connectivity index (χ4n) is 3.19. The Bertz CT molecular complexity index is 766. The quantitative estimate of drug-likeness (QED) is 0.929. The molecule has 132 valence electrons. The maximum Gasteiger partial charge on any atom is 0.407 e. The van der Waals surface area contributed by atoms with Crippen molar-refractivity contribution in [2.75, 3.05) is 26.2 Å². The van der Waals surface area contributed by atoms with E-state index in [0.717, 1.165) is 22.5 Å². The van der Waals surface area contributed by atoms with Crippen molar-refractivity contribution in [3.8, 4) is 11.1 Å². The Morgan fingerprint density at radius 3 is 2.28 bits per heavy atom. The fraction of sp³-hybridized carbons (Fsp3) is 0.368. The summed E-state index contributed by atoms with van der Waals surface area (Å²) in [5, 5.41) is 8.98. The lowest BCUT2D eigenvalue weighted by atomic mass is 10.0. The van der Waals surface area contributed by atoms with Gasteiger partial charge in [0.15, 0.2) is 0 Å². The van der Waals surface area contributed by atoms with Crippen LogP contribution in [0.4, 0.5) is 9.18 Å². The first-order valence-electron chi connectivity index (χ1n) is 8.36. The lowest BCUT2D eigenvalue weighted by Crippen LogP contribution is -2.47. The molecule has 25 heavy (non-hydrogen) atoms. The molecule has 0 radical (unpaired) electrons. The van der Waals surface area contributed by atoms with Gasteiger partial charge in [0.2, 0.25) is 0 Å². The van der Waals surface area contributed by atoms with Crippen molar-refractivity contribution < 1.29 is 14.3 Å². The third-order valence-corrected chi connectivity index (χ3v) is 4.50. The monoisotopic (exact) mass is 343 g/mol. The van der Waals surface area contributed by atoms with E-state index in [1.165, 1.54) is 4.90 Å². The van der Waals surface area contributed by atoms with Crippen LogP contribution in [0.1, 0.15) is 17.0 Å². The Morgan fingerprint density at radius 2 is 1.72 bits per heavy atom. The van der Waals surface area contributed by atoms with Crippen LogP contribution in [0.2, 0.25) is 0 Å². The normalized spacial score (nSPS) is 15.4. The number of carboxylic acid groups (broad SMARTS) is 1. The van der Waals surface area contributed by atoms with Gasteiger partial charge in [0.1, 0.15) is 5.82 Å². The fourth-order valence-corrected chi connectivity index (χ4v) is 3.19. The molecule has 1 N–H and O–H groups in total. The second-order valence-corrected chi connectivity index (χ2v) is 6.49. The van der Waals surface area contributed by atoms with Gasteiger partial charge in [-0.2, -0.15) is 0 Å². The zero-order chi connectivity index (χ0) is 18.0. The third-order valence-electron chi connectivity index (χ3n) is 4.50. The molecular weight excluding hydrogens is 321 g/mol. The number of halogens is 1. The average molecular weight is 343 g/mol. The van der Waals surface area contributed by atoms with Gasteiger partial charge in [-0.05, 0) is 43.2 Å². The summed E-state index contributed by atoms with van der Waals surface area (Å²) in [5.74, 6) is -0.231. The molecule has 2 aromatic rings. The highest BCUT2D eigenvalue weighted by Crippen LogP contribution is 2.24. The average Bonchev–Trinajstić information content (AvgIpc) is 2.56. The molecular formula is C19H22FN3O2. The summed E-state index contributed by atoms with van der Waals surface area (Å²) in [4.78, 5) is 18.8. The van der Waals surface area contributed by atoms with Gasteiger partial charge in [-0.1, -0.05) is 12.1 Å². The van der Waals surface area contributed by atoms with Gasteiger partial charge in [-0.3, -0.25) is 9.88 Å². The van der Waals surface area contributed by atoms with Gasteiger partial charge in [0, 0.05) is 49.7 Å². The number of nitrogens with zero attached hydrogens (tertiary/aromatic N) is 3. The topological polar surface area (TPSA) is 56.7 Å². The van der Waals surface area contributed by atoms with Crippen LogP contribution in [0.3, 0.4) is 0 Å². The number of rotatable bonds is 3. The van der Waals surface area contributed by atoms with E-state index in [1.54, 1.807) is 6.07 Å². The molecule has 1 saturated heterocycles. The van der Waals surface area contributed by atoms with Crippen LogP contribution in [0.5, 0.6) is 0 Å². The summed E-state index contributed by atoms with van der Waals surface area (Å²) < 4.78 is 14.5. The first-order valence-corrected chi connectivity index (χ1v) is 8.36. The summed E-state index contributed by atoms with van der Waals surface area (Å²) in [7, 11) is 0. The molecule has 6 heteroatoms. The van der Waals surface area contributed by atoms with Crippen molar-refractivity contribution in [1.82, 2.24) is 14.8 Å². The highest BCUT2D eigenvalue weighted by molar-refractivity contribution is 5.65. The molecule has 2 heterocycles. The maximum absolute atomic E-state index is 14.5. The Kier molecular flexibility index (Phi) is 4.99. The summed E-state index contributed by atoms with van der Waals surface area (Å²) in [6.45, 7) is 6.52. The van der Waals surface area contributed by atoms with E-state index in [4.69, 9.17) is 5.11 Å². The molecule has 1 amide bonds. The Balaban J connectivity index is 1.71. The number of pyridine rings is 1. The van der Waals surface area contributed by atoms with Crippen molar-refractivity contribution >= 4 is 6.09 Å². The molecule has 1 aliphatic heterocycles. The van der Waals surface area contributed by atoms with E-state index in [2.05, 4.69) is 9.88 Å². The van der Waals surface area contributed by atoms with Gasteiger partial charge in [0.05, 0.1) is 0 Å². The van der Waals surface area contributed by atoms with Crippen LogP contribution in [-0.4, -0.2) is 52.2 Å². The second kappa shape index (κ2) is 7.19. The lowest BCUT2D eigenvalue weighted by Gasteiger charge is -2.33. The predicted molar refractivity (Wildman–Crippen MR) is 94.0 cm³/mol. The van der Waals surface area contributed by atoms with Crippen LogP contribution in [0.25, 0.3) is 11.1 Å². The molecule has 0 saturated carbocycles. The van der Waals surface area contributed by atoms with Crippen LogP contribution < -0.4 is 0 Å². The molecule has 0 spiro atoms. The molecule has 0 aliphatic carbocycles. The molecule has 0 unspecified atom stereocenters. The van der Waals surface area contributed by atoms with Crippen molar-refractivity contribution in [2.24, 2.45) is 0 Å². The molecule has 0 bridgehead atoms. The maximum atomic E-state index is 14.5. The third kappa shape index (κ3) is 4.14. The minimum atomic E-state index is -0.891. The molecule has 1 fully saturated rings. The van der Waals surface area contributed by atoms with E-state index in [1.807, 2.05) is 38.1 Å². The van der Waals surface area contributed by atoms with Crippen molar-refractivity contribution in [3.05, 3.63) is 53.1 Å². The summed E-state index contributed by atoms with van der Waals surface area (Å²) >= 11 is 0. The second-order valence-electron chi connectivity index (χ2n) is 6.49. The zero-order valence-electron chi connectivity index (χ0n) is 14.5. The lowest BCUT2D eigenvalue weighted by molar-refractivity contribution is 0.102. The van der Waals surface area contributed by atoms with Crippen molar-refractivity contribution in [3.63, 3.8) is 0 Å². The largest absolute Gasteiger partial charge is 0.465 e. The van der Waals surface area contributed by atoms with Gasteiger partial charge in [0.25, 0.3) is 0 Å². The standard InChI is InChI=1S/C19H22FN3O2/c1-13-9-17(10-14(2)21-13)15-3-4-16(18(20)11-15)12-22-5-7-23(8-6-22)19(24)25/h3-4,9-11H,5-8,12H2,1-2H3,(H,24,25).